The molecule has 1 aliphatic rings. The van der Waals surface area contributed by atoms with E-state index in [2.05, 4.69) is 10.6 Å². The van der Waals surface area contributed by atoms with E-state index >= 15 is 0 Å². The number of hydrogen-bond donors (Lipinski definition) is 4. The summed E-state index contributed by atoms with van der Waals surface area (Å²) in [7, 11) is 0. The number of primary amides is 1. The minimum Gasteiger partial charge on any atom is -0.480 e. The number of hydrogen-bond acceptors (Lipinski definition) is 4. The maximum absolute atomic E-state index is 11.7. The lowest BCUT2D eigenvalue weighted by atomic mass is 9.88. The zero-order valence-electron chi connectivity index (χ0n) is 9.60. The van der Waals surface area contributed by atoms with Gasteiger partial charge in [-0.3, -0.25) is 9.59 Å². The van der Waals surface area contributed by atoms with Crippen molar-refractivity contribution in [3.8, 4) is 0 Å². The van der Waals surface area contributed by atoms with Gasteiger partial charge in [0.2, 0.25) is 11.8 Å². The quantitative estimate of drug-likeness (QED) is 0.442. The molecule has 1 unspecified atom stereocenters. The van der Waals surface area contributed by atoms with E-state index in [-0.39, 0.29) is 17.7 Å². The van der Waals surface area contributed by atoms with Crippen molar-refractivity contribution >= 4 is 17.8 Å². The van der Waals surface area contributed by atoms with Crippen LogP contribution in [-0.4, -0.2) is 42.0 Å². The Morgan fingerprint density at radius 2 is 2.06 bits per heavy atom. The molecule has 5 N–H and O–H groups in total. The summed E-state index contributed by atoms with van der Waals surface area (Å²) in [6.45, 7) is 3.24. The fraction of sp³-hybridized carbons (Fsp3) is 0.700. The molecule has 0 aromatic rings. The SMILES string of the molecule is CC(C(=O)N[C@@H](CC(N)=O)C(=O)O)C1CNC1. The molecule has 2 atom stereocenters. The fourth-order valence-corrected chi connectivity index (χ4v) is 1.58. The van der Waals surface area contributed by atoms with Gasteiger partial charge in [0.15, 0.2) is 0 Å². The lowest BCUT2D eigenvalue weighted by Crippen LogP contribution is -2.52. The summed E-state index contributed by atoms with van der Waals surface area (Å²) >= 11 is 0. The lowest BCUT2D eigenvalue weighted by molar-refractivity contribution is -0.144. The topological polar surface area (TPSA) is 122 Å². The zero-order valence-corrected chi connectivity index (χ0v) is 9.60. The van der Waals surface area contributed by atoms with E-state index in [4.69, 9.17) is 10.8 Å². The third-order valence-corrected chi connectivity index (χ3v) is 2.95. The van der Waals surface area contributed by atoms with E-state index in [1.54, 1.807) is 6.92 Å². The summed E-state index contributed by atoms with van der Waals surface area (Å²) in [5.74, 6) is -2.42. The maximum atomic E-state index is 11.7. The lowest BCUT2D eigenvalue weighted by Gasteiger charge is -2.32. The molecular weight excluding hydrogens is 226 g/mol. The largest absolute Gasteiger partial charge is 0.480 e. The van der Waals surface area contributed by atoms with Gasteiger partial charge in [0.25, 0.3) is 0 Å². The van der Waals surface area contributed by atoms with Crippen molar-refractivity contribution in [3.05, 3.63) is 0 Å². The van der Waals surface area contributed by atoms with Crippen LogP contribution in [0.4, 0.5) is 0 Å². The highest BCUT2D eigenvalue weighted by Gasteiger charge is 2.31. The van der Waals surface area contributed by atoms with E-state index in [9.17, 15) is 14.4 Å². The van der Waals surface area contributed by atoms with Crippen LogP contribution in [0, 0.1) is 11.8 Å². The molecular formula is C10H17N3O4. The minimum absolute atomic E-state index is 0.220. The van der Waals surface area contributed by atoms with Crippen molar-refractivity contribution in [3.63, 3.8) is 0 Å². The zero-order chi connectivity index (χ0) is 13.0. The highest BCUT2D eigenvalue weighted by Crippen LogP contribution is 2.16. The number of aliphatic carboxylic acids is 1. The molecule has 0 aliphatic carbocycles. The number of nitrogens with one attached hydrogen (secondary N) is 2. The van der Waals surface area contributed by atoms with Gasteiger partial charge in [-0.25, -0.2) is 4.79 Å². The Balaban J connectivity index is 2.50. The van der Waals surface area contributed by atoms with Crippen LogP contribution in [0.1, 0.15) is 13.3 Å². The number of carboxylic acid groups (broad SMARTS) is 1. The Morgan fingerprint density at radius 3 is 2.41 bits per heavy atom. The molecule has 0 aromatic heterocycles. The Labute approximate surface area is 98.7 Å². The molecule has 2 amide bonds. The summed E-state index contributed by atoms with van der Waals surface area (Å²) in [4.78, 5) is 33.2. The second-order valence-corrected chi connectivity index (χ2v) is 4.28. The number of carboxylic acids is 1. The van der Waals surface area contributed by atoms with Gasteiger partial charge in [-0.1, -0.05) is 6.92 Å². The smallest absolute Gasteiger partial charge is 0.326 e. The molecule has 1 aliphatic heterocycles. The van der Waals surface area contributed by atoms with E-state index in [1.807, 2.05) is 0 Å². The number of carbonyl (C=O) groups is 3. The second kappa shape index (κ2) is 5.62. The number of nitrogens with two attached hydrogens (primary N) is 1. The van der Waals surface area contributed by atoms with E-state index in [1.165, 1.54) is 0 Å². The third kappa shape index (κ3) is 3.70. The molecule has 0 bridgehead atoms. The van der Waals surface area contributed by atoms with Gasteiger partial charge >= 0.3 is 5.97 Å². The molecule has 96 valence electrons. The van der Waals surface area contributed by atoms with E-state index < -0.39 is 24.3 Å². The number of amides is 2. The van der Waals surface area contributed by atoms with Crippen LogP contribution in [0.5, 0.6) is 0 Å². The molecule has 1 rings (SSSR count). The molecule has 1 heterocycles. The van der Waals surface area contributed by atoms with Crippen molar-refractivity contribution in [2.45, 2.75) is 19.4 Å². The summed E-state index contributed by atoms with van der Waals surface area (Å²) < 4.78 is 0. The summed E-state index contributed by atoms with van der Waals surface area (Å²) in [6.07, 6.45) is -0.392. The standard InChI is InChI=1S/C10H17N3O4/c1-5(6-3-12-4-6)9(15)13-7(10(16)17)2-8(11)14/h5-7,12H,2-4H2,1H3,(H2,11,14)(H,13,15)(H,16,17)/t5?,7-/m0/s1. The Morgan fingerprint density at radius 1 is 1.47 bits per heavy atom. The molecule has 17 heavy (non-hydrogen) atoms. The van der Waals surface area contributed by atoms with Gasteiger partial charge in [0.1, 0.15) is 6.04 Å². The van der Waals surface area contributed by atoms with E-state index in [0.717, 1.165) is 13.1 Å². The van der Waals surface area contributed by atoms with Crippen LogP contribution in [0.15, 0.2) is 0 Å². The highest BCUT2D eigenvalue weighted by atomic mass is 16.4. The molecule has 1 saturated heterocycles. The highest BCUT2D eigenvalue weighted by molar-refractivity contribution is 5.88. The van der Waals surface area contributed by atoms with Crippen molar-refractivity contribution in [2.75, 3.05) is 13.1 Å². The molecule has 0 radical (unpaired) electrons. The average molecular weight is 243 g/mol. The molecule has 1 fully saturated rings. The first-order valence-corrected chi connectivity index (χ1v) is 5.44. The summed E-state index contributed by atoms with van der Waals surface area (Å²) in [5, 5.41) is 14.2. The van der Waals surface area contributed by atoms with Crippen LogP contribution < -0.4 is 16.4 Å². The minimum atomic E-state index is -1.25. The number of rotatable bonds is 6. The molecule has 7 heteroatoms. The van der Waals surface area contributed by atoms with Gasteiger partial charge in [-0.05, 0) is 19.0 Å². The van der Waals surface area contributed by atoms with Gasteiger partial charge in [-0.2, -0.15) is 0 Å². The monoisotopic (exact) mass is 243 g/mol. The van der Waals surface area contributed by atoms with Crippen LogP contribution >= 0.6 is 0 Å². The Bertz CT molecular complexity index is 328. The maximum Gasteiger partial charge on any atom is 0.326 e. The second-order valence-electron chi connectivity index (χ2n) is 4.28. The molecule has 0 spiro atoms. The molecule has 0 saturated carbocycles. The average Bonchev–Trinajstić information content (AvgIpc) is 2.12. The van der Waals surface area contributed by atoms with Crippen LogP contribution in [0.2, 0.25) is 0 Å². The first-order chi connectivity index (χ1) is 7.91. The third-order valence-electron chi connectivity index (χ3n) is 2.95. The van der Waals surface area contributed by atoms with Gasteiger partial charge in [0, 0.05) is 5.92 Å². The van der Waals surface area contributed by atoms with Gasteiger partial charge < -0.3 is 21.5 Å². The van der Waals surface area contributed by atoms with Gasteiger partial charge in [-0.15, -0.1) is 0 Å². The normalized spacial score (nSPS) is 18.9. The fourth-order valence-electron chi connectivity index (χ4n) is 1.58. The van der Waals surface area contributed by atoms with Crippen LogP contribution in [0.25, 0.3) is 0 Å². The molecule has 7 nitrogen and oxygen atoms in total. The van der Waals surface area contributed by atoms with Gasteiger partial charge in [0.05, 0.1) is 6.42 Å². The first-order valence-electron chi connectivity index (χ1n) is 5.44. The number of carbonyl (C=O) groups excluding carboxylic acids is 2. The van der Waals surface area contributed by atoms with Crippen LogP contribution in [0.3, 0.4) is 0 Å². The predicted molar refractivity (Wildman–Crippen MR) is 58.9 cm³/mol. The Hall–Kier alpha value is -1.63. The van der Waals surface area contributed by atoms with E-state index in [0.29, 0.717) is 0 Å². The molecule has 0 aromatic carbocycles. The van der Waals surface area contributed by atoms with Crippen molar-refractivity contribution in [1.29, 1.82) is 0 Å². The van der Waals surface area contributed by atoms with Crippen LogP contribution in [-0.2, 0) is 14.4 Å². The van der Waals surface area contributed by atoms with Crippen molar-refractivity contribution in [1.82, 2.24) is 10.6 Å². The Kier molecular flexibility index (Phi) is 4.45. The predicted octanol–water partition coefficient (Wildman–Crippen LogP) is -1.71. The van der Waals surface area contributed by atoms with Crippen molar-refractivity contribution < 1.29 is 19.5 Å². The van der Waals surface area contributed by atoms with Crippen molar-refractivity contribution in [2.24, 2.45) is 17.6 Å². The first kappa shape index (κ1) is 13.4. The summed E-state index contributed by atoms with van der Waals surface area (Å²) in [5.41, 5.74) is 4.92. The summed E-state index contributed by atoms with van der Waals surface area (Å²) in [6, 6.07) is -1.24.